The molecule has 4 heteroatoms. The van der Waals surface area contributed by atoms with Gasteiger partial charge in [-0.25, -0.2) is 0 Å². The van der Waals surface area contributed by atoms with Crippen LogP contribution in [0, 0.1) is 13.8 Å². The number of hydrogen-bond acceptors (Lipinski definition) is 2. The van der Waals surface area contributed by atoms with Crippen LogP contribution in [0.1, 0.15) is 11.1 Å². The van der Waals surface area contributed by atoms with Crippen LogP contribution in [0.5, 0.6) is 5.75 Å². The van der Waals surface area contributed by atoms with Crippen LogP contribution in [0.15, 0.2) is 42.5 Å². The van der Waals surface area contributed by atoms with Crippen molar-refractivity contribution in [2.24, 2.45) is 0 Å². The summed E-state index contributed by atoms with van der Waals surface area (Å²) in [5, 5.41) is 3.30. The molecule has 0 aliphatic carbocycles. The lowest BCUT2D eigenvalue weighted by Crippen LogP contribution is -2.20. The average molecular weight is 290 g/mol. The highest BCUT2D eigenvalue weighted by Crippen LogP contribution is 2.23. The molecular weight excluding hydrogens is 274 g/mol. The lowest BCUT2D eigenvalue weighted by atomic mass is 10.1. The van der Waals surface area contributed by atoms with Crippen LogP contribution in [0.3, 0.4) is 0 Å². The highest BCUT2D eigenvalue weighted by molar-refractivity contribution is 6.32. The van der Waals surface area contributed by atoms with Gasteiger partial charge < -0.3 is 10.1 Å². The van der Waals surface area contributed by atoms with E-state index in [0.29, 0.717) is 10.8 Å². The van der Waals surface area contributed by atoms with Crippen LogP contribution in [0.4, 0.5) is 5.69 Å². The molecule has 1 N–H and O–H groups in total. The molecule has 0 bridgehead atoms. The predicted molar refractivity (Wildman–Crippen MR) is 81.5 cm³/mol. The van der Waals surface area contributed by atoms with Gasteiger partial charge in [-0.1, -0.05) is 29.8 Å². The summed E-state index contributed by atoms with van der Waals surface area (Å²) in [5.41, 5.74) is 2.98. The zero-order chi connectivity index (χ0) is 14.5. The molecule has 0 spiro atoms. The summed E-state index contributed by atoms with van der Waals surface area (Å²) in [6.45, 7) is 3.91. The van der Waals surface area contributed by atoms with Gasteiger partial charge >= 0.3 is 0 Å². The first-order valence-electron chi connectivity index (χ1n) is 6.30. The molecule has 2 aromatic rings. The maximum Gasteiger partial charge on any atom is 0.262 e. The number of amides is 1. The van der Waals surface area contributed by atoms with Crippen LogP contribution in [0.2, 0.25) is 5.02 Å². The van der Waals surface area contributed by atoms with Gasteiger partial charge in [-0.15, -0.1) is 0 Å². The van der Waals surface area contributed by atoms with Crippen molar-refractivity contribution in [2.75, 3.05) is 11.9 Å². The second-order valence-electron chi connectivity index (χ2n) is 4.64. The monoisotopic (exact) mass is 289 g/mol. The van der Waals surface area contributed by atoms with Crippen molar-refractivity contribution in [3.8, 4) is 5.75 Å². The summed E-state index contributed by atoms with van der Waals surface area (Å²) < 4.78 is 5.39. The Balaban J connectivity index is 1.94. The smallest absolute Gasteiger partial charge is 0.262 e. The number of halogens is 1. The molecule has 0 atom stereocenters. The van der Waals surface area contributed by atoms with Gasteiger partial charge in [-0.05, 0) is 49.2 Å². The average Bonchev–Trinajstić information content (AvgIpc) is 2.36. The van der Waals surface area contributed by atoms with Gasteiger partial charge in [0.05, 0.1) is 5.02 Å². The molecule has 2 aromatic carbocycles. The Morgan fingerprint density at radius 1 is 1.15 bits per heavy atom. The highest BCUT2D eigenvalue weighted by Gasteiger charge is 2.06. The van der Waals surface area contributed by atoms with Crippen molar-refractivity contribution < 1.29 is 9.53 Å². The Morgan fingerprint density at radius 3 is 2.45 bits per heavy atom. The van der Waals surface area contributed by atoms with Crippen molar-refractivity contribution >= 4 is 23.2 Å². The summed E-state index contributed by atoms with van der Waals surface area (Å²) in [4.78, 5) is 11.8. The van der Waals surface area contributed by atoms with Crippen molar-refractivity contribution in [1.29, 1.82) is 0 Å². The minimum Gasteiger partial charge on any atom is -0.482 e. The van der Waals surface area contributed by atoms with Crippen LogP contribution < -0.4 is 10.1 Å². The first kappa shape index (κ1) is 14.4. The van der Waals surface area contributed by atoms with E-state index in [9.17, 15) is 4.79 Å². The minimum atomic E-state index is -0.213. The number of ether oxygens (including phenoxy) is 1. The SMILES string of the molecule is Cc1cc(C)cc(NC(=O)COc2ccccc2Cl)c1. The van der Waals surface area contributed by atoms with E-state index in [2.05, 4.69) is 11.4 Å². The van der Waals surface area contributed by atoms with E-state index in [4.69, 9.17) is 16.3 Å². The quantitative estimate of drug-likeness (QED) is 0.925. The molecule has 0 saturated carbocycles. The third-order valence-corrected chi connectivity index (χ3v) is 3.01. The number of nitrogens with one attached hydrogen (secondary N) is 1. The van der Waals surface area contributed by atoms with Gasteiger partial charge in [0.25, 0.3) is 5.91 Å². The number of benzene rings is 2. The van der Waals surface area contributed by atoms with E-state index in [-0.39, 0.29) is 12.5 Å². The summed E-state index contributed by atoms with van der Waals surface area (Å²) in [6.07, 6.45) is 0. The highest BCUT2D eigenvalue weighted by atomic mass is 35.5. The Kier molecular flexibility index (Phi) is 4.64. The number of hydrogen-bond donors (Lipinski definition) is 1. The van der Waals surface area contributed by atoms with Crippen molar-refractivity contribution in [3.63, 3.8) is 0 Å². The largest absolute Gasteiger partial charge is 0.482 e. The normalized spacial score (nSPS) is 10.2. The van der Waals surface area contributed by atoms with Gasteiger partial charge in [0.1, 0.15) is 5.75 Å². The molecule has 0 fully saturated rings. The fourth-order valence-electron chi connectivity index (χ4n) is 1.95. The molecule has 0 aliphatic heterocycles. The van der Waals surface area contributed by atoms with Crippen LogP contribution in [-0.4, -0.2) is 12.5 Å². The van der Waals surface area contributed by atoms with Gasteiger partial charge in [0.2, 0.25) is 0 Å². The molecule has 0 saturated heterocycles. The lowest BCUT2D eigenvalue weighted by Gasteiger charge is -2.09. The first-order valence-corrected chi connectivity index (χ1v) is 6.68. The molecule has 3 nitrogen and oxygen atoms in total. The Labute approximate surface area is 123 Å². The Hall–Kier alpha value is -2.00. The van der Waals surface area contributed by atoms with Gasteiger partial charge in [0.15, 0.2) is 6.61 Å². The van der Waals surface area contributed by atoms with E-state index in [0.717, 1.165) is 16.8 Å². The van der Waals surface area contributed by atoms with Crippen LogP contribution >= 0.6 is 11.6 Å². The van der Waals surface area contributed by atoms with Crippen LogP contribution in [0.25, 0.3) is 0 Å². The summed E-state index contributed by atoms with van der Waals surface area (Å²) in [6, 6.07) is 13.0. The van der Waals surface area contributed by atoms with E-state index >= 15 is 0 Å². The van der Waals surface area contributed by atoms with Crippen molar-refractivity contribution in [1.82, 2.24) is 0 Å². The van der Waals surface area contributed by atoms with Gasteiger partial charge in [0, 0.05) is 5.69 Å². The van der Waals surface area contributed by atoms with Crippen molar-refractivity contribution in [2.45, 2.75) is 13.8 Å². The second-order valence-corrected chi connectivity index (χ2v) is 5.05. The molecule has 104 valence electrons. The molecule has 0 unspecified atom stereocenters. The fourth-order valence-corrected chi connectivity index (χ4v) is 2.14. The summed E-state index contributed by atoms with van der Waals surface area (Å²) in [5.74, 6) is 0.291. The summed E-state index contributed by atoms with van der Waals surface area (Å²) in [7, 11) is 0. The maximum absolute atomic E-state index is 11.8. The topological polar surface area (TPSA) is 38.3 Å². The molecule has 2 rings (SSSR count). The third kappa shape index (κ3) is 4.00. The van der Waals surface area contributed by atoms with E-state index in [1.165, 1.54) is 0 Å². The number of carbonyl (C=O) groups is 1. The van der Waals surface area contributed by atoms with E-state index in [1.54, 1.807) is 12.1 Å². The van der Waals surface area contributed by atoms with Crippen LogP contribution in [-0.2, 0) is 4.79 Å². The zero-order valence-electron chi connectivity index (χ0n) is 11.4. The molecule has 20 heavy (non-hydrogen) atoms. The van der Waals surface area contributed by atoms with E-state index < -0.39 is 0 Å². The lowest BCUT2D eigenvalue weighted by molar-refractivity contribution is -0.118. The molecule has 1 amide bonds. The number of rotatable bonds is 4. The molecule has 0 aliphatic rings. The maximum atomic E-state index is 11.8. The number of aryl methyl sites for hydroxylation is 2. The Bertz CT molecular complexity index is 605. The van der Waals surface area contributed by atoms with E-state index in [1.807, 2.05) is 38.1 Å². The zero-order valence-corrected chi connectivity index (χ0v) is 12.2. The fraction of sp³-hybridized carbons (Fsp3) is 0.188. The first-order chi connectivity index (χ1) is 9.54. The molecular formula is C16H16ClNO2. The Morgan fingerprint density at radius 2 is 1.80 bits per heavy atom. The van der Waals surface area contributed by atoms with Crippen molar-refractivity contribution in [3.05, 3.63) is 58.6 Å². The second kappa shape index (κ2) is 6.44. The minimum absolute atomic E-state index is 0.0727. The van der Waals surface area contributed by atoms with Gasteiger partial charge in [-0.3, -0.25) is 4.79 Å². The predicted octanol–water partition coefficient (Wildman–Crippen LogP) is 3.97. The third-order valence-electron chi connectivity index (χ3n) is 2.70. The number of carbonyl (C=O) groups excluding carboxylic acids is 1. The molecule has 0 radical (unpaired) electrons. The standard InChI is InChI=1S/C16H16ClNO2/c1-11-7-12(2)9-13(8-11)18-16(19)10-20-15-6-4-3-5-14(15)17/h3-9H,10H2,1-2H3,(H,18,19). The number of para-hydroxylation sites is 1. The molecule has 0 aromatic heterocycles. The van der Waals surface area contributed by atoms with Gasteiger partial charge in [-0.2, -0.15) is 0 Å². The molecule has 0 heterocycles. The summed E-state index contributed by atoms with van der Waals surface area (Å²) >= 11 is 5.95. The number of anilines is 1.